The molecule has 35 heavy (non-hydrogen) atoms. The second-order valence-corrected chi connectivity index (χ2v) is 13.6. The molecule has 0 aromatic carbocycles. The molecule has 0 atom stereocenters. The molecule has 0 N–H and O–H groups in total. The number of rotatable bonds is 8. The first-order valence-electron chi connectivity index (χ1n) is 15.9. The Hall–Kier alpha value is -0.410. The molecule has 5 fully saturated rings. The lowest BCUT2D eigenvalue weighted by Gasteiger charge is -2.60. The molecule has 5 aliphatic carbocycles. The molecular formula is C32H54O3. The Labute approximate surface area is 215 Å². The highest BCUT2D eigenvalue weighted by atomic mass is 16.5. The maximum absolute atomic E-state index is 13.7. The normalized spacial score (nSPS) is 44.5. The molecule has 5 aliphatic rings. The lowest BCUT2D eigenvalue weighted by molar-refractivity contribution is -0.170. The van der Waals surface area contributed by atoms with Crippen LogP contribution in [-0.4, -0.2) is 31.2 Å². The lowest BCUT2D eigenvalue weighted by Crippen LogP contribution is -2.60. The van der Waals surface area contributed by atoms with Gasteiger partial charge in [0, 0.05) is 24.0 Å². The van der Waals surface area contributed by atoms with E-state index < -0.39 is 0 Å². The maximum Gasteiger partial charge on any atom is 0.145 e. The summed E-state index contributed by atoms with van der Waals surface area (Å²) in [5, 5.41) is 0. The first-order valence-corrected chi connectivity index (χ1v) is 15.9. The topological polar surface area (TPSA) is 35.5 Å². The largest absolute Gasteiger partial charge is 0.378 e. The smallest absolute Gasteiger partial charge is 0.145 e. The van der Waals surface area contributed by atoms with Gasteiger partial charge in [0.2, 0.25) is 0 Å². The third kappa shape index (κ3) is 5.57. The summed E-state index contributed by atoms with van der Waals surface area (Å²) in [6.07, 6.45) is 25.2. The van der Waals surface area contributed by atoms with Gasteiger partial charge < -0.3 is 9.47 Å². The van der Waals surface area contributed by atoms with E-state index in [0.29, 0.717) is 12.2 Å². The molecule has 0 aliphatic heterocycles. The van der Waals surface area contributed by atoms with E-state index in [0.717, 1.165) is 55.5 Å². The highest BCUT2D eigenvalue weighted by Gasteiger charge is 2.63. The number of hydrogen-bond acceptors (Lipinski definition) is 3. The second kappa shape index (κ2) is 11.5. The van der Waals surface area contributed by atoms with Gasteiger partial charge in [-0.15, -0.1) is 0 Å². The fraction of sp³-hybridized carbons (Fsp3) is 0.969. The number of ketones is 1. The summed E-state index contributed by atoms with van der Waals surface area (Å²) < 4.78 is 12.0. The van der Waals surface area contributed by atoms with Gasteiger partial charge in [0.05, 0.1) is 12.2 Å². The first-order chi connectivity index (χ1) is 17.1. The Morgan fingerprint density at radius 1 is 0.571 bits per heavy atom. The van der Waals surface area contributed by atoms with Crippen molar-refractivity contribution in [2.24, 2.45) is 34.5 Å². The summed E-state index contributed by atoms with van der Waals surface area (Å²) in [5.41, 5.74) is 0.193. The predicted molar refractivity (Wildman–Crippen MR) is 142 cm³/mol. The zero-order valence-electron chi connectivity index (χ0n) is 23.0. The molecule has 0 unspecified atom stereocenters. The van der Waals surface area contributed by atoms with Crippen molar-refractivity contribution >= 4 is 5.78 Å². The SMILES string of the molecule is CCCOC1CCC(C2CCC3(CC2)CC2(CCC(C4CCC(OCCC)CC4)CC2)C3=O)CC1. The zero-order valence-corrected chi connectivity index (χ0v) is 23.0. The summed E-state index contributed by atoms with van der Waals surface area (Å²) in [6, 6.07) is 0. The van der Waals surface area contributed by atoms with Gasteiger partial charge in [0.25, 0.3) is 0 Å². The average Bonchev–Trinajstić information content (AvgIpc) is 2.92. The molecule has 3 heteroatoms. The van der Waals surface area contributed by atoms with Crippen molar-refractivity contribution in [3.63, 3.8) is 0 Å². The van der Waals surface area contributed by atoms with Crippen LogP contribution in [-0.2, 0) is 14.3 Å². The van der Waals surface area contributed by atoms with Gasteiger partial charge in [0.1, 0.15) is 5.78 Å². The fourth-order valence-electron chi connectivity index (χ4n) is 9.42. The van der Waals surface area contributed by atoms with E-state index in [1.54, 1.807) is 0 Å². The minimum Gasteiger partial charge on any atom is -0.378 e. The molecule has 0 bridgehead atoms. The van der Waals surface area contributed by atoms with Crippen LogP contribution in [0.3, 0.4) is 0 Å². The molecule has 0 aromatic heterocycles. The molecule has 3 nitrogen and oxygen atoms in total. The van der Waals surface area contributed by atoms with Crippen molar-refractivity contribution in [1.82, 2.24) is 0 Å². The molecule has 200 valence electrons. The van der Waals surface area contributed by atoms with E-state index in [2.05, 4.69) is 13.8 Å². The van der Waals surface area contributed by atoms with Crippen LogP contribution in [0.25, 0.3) is 0 Å². The van der Waals surface area contributed by atoms with Crippen molar-refractivity contribution in [3.8, 4) is 0 Å². The van der Waals surface area contributed by atoms with E-state index in [4.69, 9.17) is 9.47 Å². The zero-order chi connectivity index (χ0) is 24.3. The number of ether oxygens (including phenoxy) is 2. The maximum atomic E-state index is 13.7. The van der Waals surface area contributed by atoms with Gasteiger partial charge >= 0.3 is 0 Å². The van der Waals surface area contributed by atoms with Crippen LogP contribution in [0.2, 0.25) is 0 Å². The molecule has 0 saturated heterocycles. The third-order valence-corrected chi connectivity index (χ3v) is 11.5. The summed E-state index contributed by atoms with van der Waals surface area (Å²) in [7, 11) is 0. The Bertz CT molecular complexity index is 613. The first kappa shape index (κ1) is 26.2. The minimum absolute atomic E-state index is 0.0967. The molecule has 0 aromatic rings. The lowest BCUT2D eigenvalue weighted by atomic mass is 9.42. The van der Waals surface area contributed by atoms with Gasteiger partial charge in [-0.05, 0) is 146 Å². The number of hydrogen-bond donors (Lipinski definition) is 0. The van der Waals surface area contributed by atoms with Gasteiger partial charge in [-0.1, -0.05) is 13.8 Å². The minimum atomic E-state index is 0.0967. The van der Waals surface area contributed by atoms with Crippen molar-refractivity contribution in [2.45, 2.75) is 148 Å². The van der Waals surface area contributed by atoms with Crippen molar-refractivity contribution in [3.05, 3.63) is 0 Å². The number of carbonyl (C=O) groups excluding carboxylic acids is 1. The molecule has 2 spiro atoms. The third-order valence-electron chi connectivity index (χ3n) is 11.5. The van der Waals surface area contributed by atoms with Gasteiger partial charge in [-0.2, -0.15) is 0 Å². The van der Waals surface area contributed by atoms with E-state index in [1.165, 1.54) is 109 Å². The standard InChI is InChI=1S/C32H54O3/c1-3-21-34-28-9-5-24(6-10-28)26-13-17-31(18-14-26)23-32(30(31)33)19-15-27(16-20-32)25-7-11-29(12-8-25)35-22-4-2/h24-29H,3-23H2,1-2H3. The molecule has 5 rings (SSSR count). The Kier molecular flexibility index (Phi) is 8.64. The van der Waals surface area contributed by atoms with Crippen LogP contribution >= 0.6 is 0 Å². The van der Waals surface area contributed by atoms with Crippen LogP contribution in [0.4, 0.5) is 0 Å². The van der Waals surface area contributed by atoms with Crippen LogP contribution in [0.5, 0.6) is 0 Å². The van der Waals surface area contributed by atoms with E-state index in [1.807, 2.05) is 0 Å². The monoisotopic (exact) mass is 486 g/mol. The van der Waals surface area contributed by atoms with Crippen LogP contribution in [0.15, 0.2) is 0 Å². The molecule has 0 heterocycles. The molecule has 5 saturated carbocycles. The predicted octanol–water partition coefficient (Wildman–Crippen LogP) is 8.28. The van der Waals surface area contributed by atoms with Crippen LogP contribution < -0.4 is 0 Å². The second-order valence-electron chi connectivity index (χ2n) is 13.6. The summed E-state index contributed by atoms with van der Waals surface area (Å²) in [6.45, 7) is 6.27. The Balaban J connectivity index is 1.03. The molecular weight excluding hydrogens is 432 g/mol. The number of carbonyl (C=O) groups is 1. The van der Waals surface area contributed by atoms with Gasteiger partial charge in [0.15, 0.2) is 0 Å². The van der Waals surface area contributed by atoms with Crippen molar-refractivity contribution < 1.29 is 14.3 Å². The summed E-state index contributed by atoms with van der Waals surface area (Å²) >= 11 is 0. The fourth-order valence-corrected chi connectivity index (χ4v) is 9.42. The molecule has 0 radical (unpaired) electrons. The Morgan fingerprint density at radius 2 is 0.914 bits per heavy atom. The van der Waals surface area contributed by atoms with E-state index >= 15 is 0 Å². The highest BCUT2D eigenvalue weighted by Crippen LogP contribution is 2.65. The van der Waals surface area contributed by atoms with Gasteiger partial charge in [-0.3, -0.25) is 4.79 Å². The van der Waals surface area contributed by atoms with Crippen molar-refractivity contribution in [1.29, 1.82) is 0 Å². The summed E-state index contributed by atoms with van der Waals surface area (Å²) in [5.74, 6) is 4.27. The number of Topliss-reactive ketones (excluding diaryl/α,β-unsaturated/α-hetero) is 1. The van der Waals surface area contributed by atoms with Crippen molar-refractivity contribution in [2.75, 3.05) is 13.2 Å². The molecule has 0 amide bonds. The Morgan fingerprint density at radius 3 is 1.23 bits per heavy atom. The average molecular weight is 487 g/mol. The van der Waals surface area contributed by atoms with E-state index in [-0.39, 0.29) is 10.8 Å². The summed E-state index contributed by atoms with van der Waals surface area (Å²) in [4.78, 5) is 13.7. The highest BCUT2D eigenvalue weighted by molar-refractivity contribution is 5.96. The quantitative estimate of drug-likeness (QED) is 0.346. The van der Waals surface area contributed by atoms with Gasteiger partial charge in [-0.25, -0.2) is 0 Å². The van der Waals surface area contributed by atoms with Crippen LogP contribution in [0, 0.1) is 34.5 Å². The van der Waals surface area contributed by atoms with Crippen LogP contribution in [0.1, 0.15) is 136 Å². The van der Waals surface area contributed by atoms with E-state index in [9.17, 15) is 4.79 Å².